The summed E-state index contributed by atoms with van der Waals surface area (Å²) in [5.74, 6) is -1.12. The van der Waals surface area contributed by atoms with E-state index in [1.165, 1.54) is 6.92 Å². The van der Waals surface area contributed by atoms with Crippen molar-refractivity contribution in [3.63, 3.8) is 0 Å². The fourth-order valence-corrected chi connectivity index (χ4v) is 0.671. The number of carboxylic acids is 1. The van der Waals surface area contributed by atoms with Gasteiger partial charge in [-0.2, -0.15) is 0 Å². The molecule has 0 heterocycles. The summed E-state index contributed by atoms with van der Waals surface area (Å²) < 4.78 is 0. The van der Waals surface area contributed by atoms with Crippen LogP contribution >= 0.6 is 0 Å². The Morgan fingerprint density at radius 1 is 1.27 bits per heavy atom. The van der Waals surface area contributed by atoms with Crippen LogP contribution in [0.3, 0.4) is 0 Å². The second-order valence-corrected chi connectivity index (χ2v) is 2.75. The smallest absolute Gasteiger partial charge is 0.325 e. The van der Waals surface area contributed by atoms with Crippen LogP contribution in [0.4, 0.5) is 9.59 Å². The van der Waals surface area contributed by atoms with Gasteiger partial charge in [-0.3, -0.25) is 4.79 Å². The van der Waals surface area contributed by atoms with Crippen molar-refractivity contribution >= 4 is 18.0 Å². The summed E-state index contributed by atoms with van der Waals surface area (Å²) in [6.07, 6.45) is 0. The molecule has 15 heavy (non-hydrogen) atoms. The highest BCUT2D eigenvalue weighted by Crippen LogP contribution is 1.79. The number of rotatable bonds is 5. The molecule has 0 spiro atoms. The molecule has 0 aromatic heterocycles. The third-order valence-electron chi connectivity index (χ3n) is 1.43. The second-order valence-electron chi connectivity index (χ2n) is 2.75. The molecule has 0 rings (SSSR count). The average molecular weight is 218 g/mol. The van der Waals surface area contributed by atoms with Crippen LogP contribution in [-0.2, 0) is 4.79 Å². The van der Waals surface area contributed by atoms with E-state index < -0.39 is 24.1 Å². The van der Waals surface area contributed by atoms with Crippen LogP contribution in [0.25, 0.3) is 0 Å². The van der Waals surface area contributed by atoms with Crippen LogP contribution in [0.15, 0.2) is 0 Å². The number of hydrogen-bond acceptors (Lipinski definition) is 3. The highest BCUT2D eigenvalue weighted by atomic mass is 16.4. The Kier molecular flexibility index (Phi) is 5.60. The zero-order valence-electron chi connectivity index (χ0n) is 8.24. The molecule has 0 aliphatic heterocycles. The fraction of sp³-hybridized carbons (Fsp3) is 0.571. The maximum absolute atomic E-state index is 11.0. The molecule has 6 N–H and O–H groups in total. The number of primary amides is 1. The van der Waals surface area contributed by atoms with Crippen molar-refractivity contribution in [1.82, 2.24) is 16.0 Å². The summed E-state index contributed by atoms with van der Waals surface area (Å²) in [6.45, 7) is 1.69. The number of aliphatic carboxylic acids is 1. The van der Waals surface area contributed by atoms with Gasteiger partial charge in [0.25, 0.3) is 0 Å². The SMILES string of the molecule is C[C@@H](NC(=O)NCCNC(N)=O)C(=O)O. The standard InChI is InChI=1S/C7H14N4O4/c1-4(5(12)13)11-7(15)10-3-2-9-6(8)14/h4H,2-3H2,1H3,(H,12,13)(H3,8,9,14)(H2,10,11,15)/t4-/m1/s1. The Morgan fingerprint density at radius 3 is 2.27 bits per heavy atom. The lowest BCUT2D eigenvalue weighted by atomic mass is 10.3. The van der Waals surface area contributed by atoms with Gasteiger partial charge in [0, 0.05) is 13.1 Å². The van der Waals surface area contributed by atoms with Gasteiger partial charge >= 0.3 is 18.0 Å². The van der Waals surface area contributed by atoms with Gasteiger partial charge < -0.3 is 26.8 Å². The van der Waals surface area contributed by atoms with Crippen molar-refractivity contribution in [2.24, 2.45) is 5.73 Å². The number of carbonyl (C=O) groups is 3. The molecule has 0 unspecified atom stereocenters. The number of hydrogen-bond donors (Lipinski definition) is 5. The lowest BCUT2D eigenvalue weighted by Gasteiger charge is -2.10. The number of nitrogens with one attached hydrogen (secondary N) is 3. The number of carboxylic acid groups (broad SMARTS) is 1. The molecule has 0 aliphatic carbocycles. The molecule has 1 atom stereocenters. The van der Waals surface area contributed by atoms with Gasteiger partial charge in [-0.1, -0.05) is 0 Å². The van der Waals surface area contributed by atoms with Gasteiger partial charge in [0.2, 0.25) is 0 Å². The van der Waals surface area contributed by atoms with E-state index >= 15 is 0 Å². The van der Waals surface area contributed by atoms with E-state index in [-0.39, 0.29) is 13.1 Å². The molecule has 0 fully saturated rings. The van der Waals surface area contributed by atoms with E-state index in [9.17, 15) is 14.4 Å². The molecule has 0 aliphatic rings. The molecule has 0 aromatic rings. The van der Waals surface area contributed by atoms with Crippen LogP contribution < -0.4 is 21.7 Å². The predicted octanol–water partition coefficient (Wildman–Crippen LogP) is -1.57. The highest BCUT2D eigenvalue weighted by Gasteiger charge is 2.12. The van der Waals surface area contributed by atoms with E-state index in [1.54, 1.807) is 0 Å². The van der Waals surface area contributed by atoms with Crippen molar-refractivity contribution in [1.29, 1.82) is 0 Å². The van der Waals surface area contributed by atoms with Gasteiger partial charge in [0.05, 0.1) is 0 Å². The Balaban J connectivity index is 3.58. The molecule has 0 aromatic carbocycles. The monoisotopic (exact) mass is 218 g/mol. The number of urea groups is 2. The quantitative estimate of drug-likeness (QED) is 0.356. The molecule has 0 saturated heterocycles. The molecular formula is C7H14N4O4. The minimum absolute atomic E-state index is 0.168. The van der Waals surface area contributed by atoms with Crippen LogP contribution in [0.2, 0.25) is 0 Å². The first-order chi connectivity index (χ1) is 6.93. The molecule has 0 radical (unpaired) electrons. The Labute approximate surface area is 86.2 Å². The molecule has 8 heteroatoms. The van der Waals surface area contributed by atoms with Gasteiger partial charge in [0.15, 0.2) is 0 Å². The average Bonchev–Trinajstić information content (AvgIpc) is 2.12. The molecule has 0 bridgehead atoms. The summed E-state index contributed by atoms with van der Waals surface area (Å²) in [5, 5.41) is 15.2. The van der Waals surface area contributed by atoms with Crippen LogP contribution in [0.5, 0.6) is 0 Å². The van der Waals surface area contributed by atoms with Crippen LogP contribution in [0, 0.1) is 0 Å². The van der Waals surface area contributed by atoms with Crippen molar-refractivity contribution in [2.75, 3.05) is 13.1 Å². The number of amides is 4. The van der Waals surface area contributed by atoms with Crippen molar-refractivity contribution in [3.05, 3.63) is 0 Å². The zero-order chi connectivity index (χ0) is 11.8. The summed E-state index contributed by atoms with van der Waals surface area (Å²) >= 11 is 0. The largest absolute Gasteiger partial charge is 0.480 e. The van der Waals surface area contributed by atoms with Gasteiger partial charge in [-0.25, -0.2) is 9.59 Å². The molecule has 8 nitrogen and oxygen atoms in total. The normalized spacial score (nSPS) is 11.3. The topological polar surface area (TPSA) is 134 Å². The fourth-order valence-electron chi connectivity index (χ4n) is 0.671. The first-order valence-electron chi connectivity index (χ1n) is 4.24. The van der Waals surface area contributed by atoms with E-state index in [2.05, 4.69) is 16.0 Å². The van der Waals surface area contributed by atoms with E-state index in [4.69, 9.17) is 10.8 Å². The van der Waals surface area contributed by atoms with E-state index in [0.717, 1.165) is 0 Å². The van der Waals surface area contributed by atoms with Crippen molar-refractivity contribution in [2.45, 2.75) is 13.0 Å². The molecular weight excluding hydrogens is 204 g/mol. The summed E-state index contributed by atoms with van der Waals surface area (Å²) in [5.41, 5.74) is 4.77. The van der Waals surface area contributed by atoms with Gasteiger partial charge in [0.1, 0.15) is 6.04 Å². The highest BCUT2D eigenvalue weighted by molar-refractivity contribution is 5.82. The Hall–Kier alpha value is -1.99. The molecule has 0 saturated carbocycles. The molecule has 4 amide bonds. The third-order valence-corrected chi connectivity index (χ3v) is 1.43. The lowest BCUT2D eigenvalue weighted by Crippen LogP contribution is -2.46. The first kappa shape index (κ1) is 13.0. The summed E-state index contributed by atoms with van der Waals surface area (Å²) in [6, 6.07) is -2.26. The number of carbonyl (C=O) groups excluding carboxylic acids is 2. The summed E-state index contributed by atoms with van der Waals surface area (Å²) in [7, 11) is 0. The van der Waals surface area contributed by atoms with Crippen molar-refractivity contribution < 1.29 is 19.5 Å². The lowest BCUT2D eigenvalue weighted by molar-refractivity contribution is -0.138. The van der Waals surface area contributed by atoms with Gasteiger partial charge in [-0.15, -0.1) is 0 Å². The van der Waals surface area contributed by atoms with E-state index in [0.29, 0.717) is 0 Å². The third kappa shape index (κ3) is 7.11. The zero-order valence-corrected chi connectivity index (χ0v) is 8.24. The van der Waals surface area contributed by atoms with Crippen molar-refractivity contribution in [3.8, 4) is 0 Å². The minimum atomic E-state index is -1.12. The summed E-state index contributed by atoms with van der Waals surface area (Å²) in [4.78, 5) is 31.5. The first-order valence-corrected chi connectivity index (χ1v) is 4.24. The van der Waals surface area contributed by atoms with Gasteiger partial charge in [-0.05, 0) is 6.92 Å². The molecule has 86 valence electrons. The maximum atomic E-state index is 11.0. The second kappa shape index (κ2) is 6.46. The van der Waals surface area contributed by atoms with Crippen LogP contribution in [0.1, 0.15) is 6.92 Å². The Morgan fingerprint density at radius 2 is 1.80 bits per heavy atom. The minimum Gasteiger partial charge on any atom is -0.480 e. The number of nitrogens with two attached hydrogens (primary N) is 1. The van der Waals surface area contributed by atoms with E-state index in [1.807, 2.05) is 0 Å². The Bertz CT molecular complexity index is 255. The van der Waals surface area contributed by atoms with Crippen LogP contribution in [-0.4, -0.2) is 42.3 Å². The predicted molar refractivity (Wildman–Crippen MR) is 51.2 cm³/mol. The maximum Gasteiger partial charge on any atom is 0.325 e.